The van der Waals surface area contributed by atoms with Gasteiger partial charge in [0.2, 0.25) is 11.8 Å². The molecule has 0 bridgehead atoms. The number of benzene rings is 2. The SMILES string of the molecule is COc1ccc(OC)c(S(=O)(=O)N2c3ccccc3NC(=O)C2CC(=O)NCCc2ccncc2)c1. The molecule has 1 aliphatic heterocycles. The van der Waals surface area contributed by atoms with Crippen molar-refractivity contribution in [1.82, 2.24) is 10.3 Å². The van der Waals surface area contributed by atoms with Gasteiger partial charge in [0.25, 0.3) is 10.0 Å². The first-order valence-electron chi connectivity index (χ1n) is 11.2. The van der Waals surface area contributed by atoms with Gasteiger partial charge < -0.3 is 20.1 Å². The molecule has 1 unspecified atom stereocenters. The van der Waals surface area contributed by atoms with E-state index < -0.39 is 27.9 Å². The van der Waals surface area contributed by atoms with E-state index in [1.807, 2.05) is 12.1 Å². The summed E-state index contributed by atoms with van der Waals surface area (Å²) in [7, 11) is -1.59. The van der Waals surface area contributed by atoms with Crippen LogP contribution in [0, 0.1) is 0 Å². The van der Waals surface area contributed by atoms with Crippen LogP contribution in [0.2, 0.25) is 0 Å². The molecular weight excluding hydrogens is 484 g/mol. The smallest absolute Gasteiger partial charge is 0.268 e. The lowest BCUT2D eigenvalue weighted by Crippen LogP contribution is -2.52. The fourth-order valence-electron chi connectivity index (χ4n) is 3.97. The molecule has 0 radical (unpaired) electrons. The summed E-state index contributed by atoms with van der Waals surface area (Å²) >= 11 is 0. The summed E-state index contributed by atoms with van der Waals surface area (Å²) in [5, 5.41) is 5.48. The van der Waals surface area contributed by atoms with E-state index in [1.165, 1.54) is 26.4 Å². The zero-order valence-corrected chi connectivity index (χ0v) is 20.6. The molecule has 1 aromatic heterocycles. The maximum atomic E-state index is 14.0. The number of aromatic nitrogens is 1. The molecule has 0 aliphatic carbocycles. The standard InChI is InChI=1S/C25H26N4O6S/c1-34-18-7-8-22(35-2)23(15-18)36(32,33)29-20-6-4-3-5-19(20)28-25(31)21(29)16-24(30)27-14-11-17-9-12-26-13-10-17/h3-10,12-13,15,21H,11,14,16H2,1-2H3,(H,27,30)(H,28,31). The van der Waals surface area contributed by atoms with Crippen LogP contribution in [0.15, 0.2) is 71.9 Å². The van der Waals surface area contributed by atoms with E-state index in [2.05, 4.69) is 15.6 Å². The molecule has 1 aliphatic rings. The minimum absolute atomic E-state index is 0.0832. The maximum Gasteiger partial charge on any atom is 0.268 e. The van der Waals surface area contributed by atoms with E-state index >= 15 is 0 Å². The molecule has 3 aromatic rings. The second kappa shape index (κ2) is 10.6. The van der Waals surface area contributed by atoms with Gasteiger partial charge in [0, 0.05) is 25.0 Å². The van der Waals surface area contributed by atoms with Gasteiger partial charge in [0.15, 0.2) is 0 Å². The van der Waals surface area contributed by atoms with Crippen molar-refractivity contribution in [3.8, 4) is 11.5 Å². The summed E-state index contributed by atoms with van der Waals surface area (Å²) in [6, 6.07) is 13.3. The lowest BCUT2D eigenvalue weighted by Gasteiger charge is -2.37. The number of ether oxygens (including phenoxy) is 2. The Kier molecular flexibility index (Phi) is 7.39. The predicted molar refractivity (Wildman–Crippen MR) is 134 cm³/mol. The van der Waals surface area contributed by atoms with Crippen molar-refractivity contribution in [3.05, 3.63) is 72.6 Å². The topological polar surface area (TPSA) is 127 Å². The number of amides is 2. The van der Waals surface area contributed by atoms with Crippen LogP contribution in [-0.2, 0) is 26.0 Å². The van der Waals surface area contributed by atoms with Gasteiger partial charge in [-0.25, -0.2) is 8.42 Å². The molecule has 2 heterocycles. The largest absolute Gasteiger partial charge is 0.497 e. The molecule has 4 rings (SSSR count). The van der Waals surface area contributed by atoms with Crippen molar-refractivity contribution in [3.63, 3.8) is 0 Å². The van der Waals surface area contributed by atoms with Crippen molar-refractivity contribution in [2.24, 2.45) is 0 Å². The molecule has 1 atom stereocenters. The van der Waals surface area contributed by atoms with Crippen LogP contribution < -0.4 is 24.4 Å². The van der Waals surface area contributed by atoms with Crippen molar-refractivity contribution in [2.45, 2.75) is 23.8 Å². The predicted octanol–water partition coefficient (Wildman–Crippen LogP) is 2.36. The third-order valence-electron chi connectivity index (χ3n) is 5.76. The lowest BCUT2D eigenvalue weighted by molar-refractivity contribution is -0.125. The fraction of sp³-hybridized carbons (Fsp3) is 0.240. The average Bonchev–Trinajstić information content (AvgIpc) is 2.89. The normalized spacial score (nSPS) is 15.0. The van der Waals surface area contributed by atoms with Gasteiger partial charge in [-0.3, -0.25) is 18.9 Å². The lowest BCUT2D eigenvalue weighted by atomic mass is 10.1. The molecule has 0 fully saturated rings. The van der Waals surface area contributed by atoms with E-state index in [1.54, 1.807) is 42.7 Å². The summed E-state index contributed by atoms with van der Waals surface area (Å²) in [4.78, 5) is 29.7. The van der Waals surface area contributed by atoms with E-state index in [0.717, 1.165) is 9.87 Å². The Bertz CT molecular complexity index is 1360. The highest BCUT2D eigenvalue weighted by atomic mass is 32.2. The molecule has 0 saturated heterocycles. The number of para-hydroxylation sites is 2. The third kappa shape index (κ3) is 5.10. The fourth-order valence-corrected chi connectivity index (χ4v) is 5.78. The van der Waals surface area contributed by atoms with Gasteiger partial charge in [-0.15, -0.1) is 0 Å². The van der Waals surface area contributed by atoms with E-state index in [9.17, 15) is 18.0 Å². The highest BCUT2D eigenvalue weighted by Gasteiger charge is 2.43. The number of pyridine rings is 1. The number of hydrogen-bond acceptors (Lipinski definition) is 7. The molecule has 188 valence electrons. The van der Waals surface area contributed by atoms with Crippen LogP contribution in [0.4, 0.5) is 11.4 Å². The highest BCUT2D eigenvalue weighted by molar-refractivity contribution is 7.93. The average molecular weight is 511 g/mol. The number of nitrogens with zero attached hydrogens (tertiary/aromatic N) is 2. The van der Waals surface area contributed by atoms with Crippen LogP contribution in [0.3, 0.4) is 0 Å². The number of carbonyl (C=O) groups excluding carboxylic acids is 2. The van der Waals surface area contributed by atoms with Crippen LogP contribution >= 0.6 is 0 Å². The second-order valence-corrected chi connectivity index (χ2v) is 9.78. The first kappa shape index (κ1) is 25.0. The van der Waals surface area contributed by atoms with E-state index in [4.69, 9.17) is 9.47 Å². The Morgan fingerprint density at radius 3 is 2.56 bits per heavy atom. The monoisotopic (exact) mass is 510 g/mol. The summed E-state index contributed by atoms with van der Waals surface area (Å²) in [6.45, 7) is 0.324. The molecule has 0 saturated carbocycles. The molecule has 36 heavy (non-hydrogen) atoms. The van der Waals surface area contributed by atoms with Crippen LogP contribution in [0.25, 0.3) is 0 Å². The number of carbonyl (C=O) groups is 2. The Hall–Kier alpha value is -4.12. The molecule has 2 aromatic carbocycles. The number of anilines is 2. The molecular formula is C25H26N4O6S. The summed E-state index contributed by atoms with van der Waals surface area (Å²) in [5.74, 6) is -0.681. The minimum atomic E-state index is -4.36. The molecule has 2 amide bonds. The number of methoxy groups -OCH3 is 2. The molecule has 10 nitrogen and oxygen atoms in total. The molecule has 11 heteroatoms. The van der Waals surface area contributed by atoms with Gasteiger partial charge in [0.05, 0.1) is 32.0 Å². The summed E-state index contributed by atoms with van der Waals surface area (Å²) in [6.07, 6.45) is 3.52. The Labute approximate surface area is 209 Å². The van der Waals surface area contributed by atoms with Crippen molar-refractivity contribution in [1.29, 1.82) is 0 Å². The van der Waals surface area contributed by atoms with Gasteiger partial charge in [-0.05, 0) is 48.4 Å². The summed E-state index contributed by atoms with van der Waals surface area (Å²) < 4.78 is 39.5. The zero-order chi connectivity index (χ0) is 25.7. The van der Waals surface area contributed by atoms with Crippen LogP contribution in [0.1, 0.15) is 12.0 Å². The van der Waals surface area contributed by atoms with Crippen molar-refractivity contribution >= 4 is 33.2 Å². The zero-order valence-electron chi connectivity index (χ0n) is 19.8. The van der Waals surface area contributed by atoms with Gasteiger partial charge in [-0.2, -0.15) is 0 Å². The number of hydrogen-bond donors (Lipinski definition) is 2. The number of fused-ring (bicyclic) bond motifs is 1. The van der Waals surface area contributed by atoms with Crippen LogP contribution in [-0.4, -0.2) is 52.0 Å². The van der Waals surface area contributed by atoms with Crippen molar-refractivity contribution < 1.29 is 27.5 Å². The van der Waals surface area contributed by atoms with E-state index in [0.29, 0.717) is 24.4 Å². The minimum Gasteiger partial charge on any atom is -0.497 e. The number of nitrogens with one attached hydrogen (secondary N) is 2. The van der Waals surface area contributed by atoms with E-state index in [-0.39, 0.29) is 22.8 Å². The first-order chi connectivity index (χ1) is 17.3. The number of rotatable bonds is 9. The highest BCUT2D eigenvalue weighted by Crippen LogP contribution is 2.40. The van der Waals surface area contributed by atoms with Crippen LogP contribution in [0.5, 0.6) is 11.5 Å². The Morgan fingerprint density at radius 2 is 1.83 bits per heavy atom. The van der Waals surface area contributed by atoms with Crippen molar-refractivity contribution in [2.75, 3.05) is 30.4 Å². The summed E-state index contributed by atoms with van der Waals surface area (Å²) in [5.41, 5.74) is 1.56. The first-order valence-corrected chi connectivity index (χ1v) is 12.6. The van der Waals surface area contributed by atoms with Gasteiger partial charge in [0.1, 0.15) is 22.4 Å². The van der Waals surface area contributed by atoms with Gasteiger partial charge >= 0.3 is 0 Å². The third-order valence-corrected chi connectivity index (χ3v) is 7.60. The quantitative estimate of drug-likeness (QED) is 0.452. The number of sulfonamides is 1. The Balaban J connectivity index is 1.66. The molecule has 2 N–H and O–H groups in total. The maximum absolute atomic E-state index is 14.0. The Morgan fingerprint density at radius 1 is 1.08 bits per heavy atom. The second-order valence-electron chi connectivity index (χ2n) is 8.00. The van der Waals surface area contributed by atoms with Gasteiger partial charge in [-0.1, -0.05) is 12.1 Å². The molecule has 0 spiro atoms.